The first-order valence-corrected chi connectivity index (χ1v) is 5.65. The summed E-state index contributed by atoms with van der Waals surface area (Å²) in [5, 5.41) is 13.0. The number of ether oxygens (including phenoxy) is 1. The quantitative estimate of drug-likeness (QED) is 0.394. The third-order valence-electron chi connectivity index (χ3n) is 2.98. The van der Waals surface area contributed by atoms with Gasteiger partial charge < -0.3 is 21.1 Å². The van der Waals surface area contributed by atoms with Gasteiger partial charge in [0.05, 0.1) is 18.7 Å². The average Bonchev–Trinajstić information content (AvgIpc) is 2.94. The van der Waals surface area contributed by atoms with Crippen LogP contribution in [-0.2, 0) is 4.74 Å². The molecular weight excluding hydrogens is 208 g/mol. The molecule has 0 aromatic rings. The molecule has 2 amide bonds. The summed E-state index contributed by atoms with van der Waals surface area (Å²) in [6.07, 6.45) is 2.93. The van der Waals surface area contributed by atoms with E-state index in [1.54, 1.807) is 0 Å². The maximum Gasteiger partial charge on any atom is 0.315 e. The van der Waals surface area contributed by atoms with Gasteiger partial charge in [-0.15, -0.1) is 0 Å². The maximum absolute atomic E-state index is 11.6. The van der Waals surface area contributed by atoms with Gasteiger partial charge in [-0.3, -0.25) is 5.41 Å². The molecule has 2 aliphatic rings. The Balaban J connectivity index is 1.77. The van der Waals surface area contributed by atoms with Gasteiger partial charge in [0.15, 0.2) is 0 Å². The molecule has 1 saturated heterocycles. The number of amides is 2. The van der Waals surface area contributed by atoms with Gasteiger partial charge in [0.2, 0.25) is 0 Å². The van der Waals surface area contributed by atoms with Crippen molar-refractivity contribution in [2.75, 3.05) is 13.2 Å². The Morgan fingerprint density at radius 1 is 1.44 bits per heavy atom. The van der Waals surface area contributed by atoms with Crippen LogP contribution in [-0.4, -0.2) is 37.2 Å². The lowest BCUT2D eigenvalue weighted by molar-refractivity contribution is 0.188. The summed E-state index contributed by atoms with van der Waals surface area (Å²) in [5.74, 6) is 0.392. The molecule has 0 spiro atoms. The molecule has 6 nitrogen and oxygen atoms in total. The SMILES string of the molecule is N=C(N)C(NC(=O)NC1CCOC1)C1CC1. The van der Waals surface area contributed by atoms with Crippen LogP contribution >= 0.6 is 0 Å². The number of nitrogens with two attached hydrogens (primary N) is 1. The fourth-order valence-electron chi connectivity index (χ4n) is 1.90. The van der Waals surface area contributed by atoms with Gasteiger partial charge in [-0.2, -0.15) is 0 Å². The van der Waals surface area contributed by atoms with Crippen molar-refractivity contribution in [2.45, 2.75) is 31.3 Å². The Bertz CT molecular complexity index is 285. The summed E-state index contributed by atoms with van der Waals surface area (Å²) in [6, 6.07) is -0.461. The molecule has 1 saturated carbocycles. The summed E-state index contributed by atoms with van der Waals surface area (Å²) < 4.78 is 5.16. The van der Waals surface area contributed by atoms with Gasteiger partial charge >= 0.3 is 6.03 Å². The van der Waals surface area contributed by atoms with Crippen molar-refractivity contribution in [1.29, 1.82) is 5.41 Å². The highest BCUT2D eigenvalue weighted by Crippen LogP contribution is 2.32. The van der Waals surface area contributed by atoms with Gasteiger partial charge in [-0.25, -0.2) is 4.79 Å². The third kappa shape index (κ3) is 2.85. The number of urea groups is 1. The normalized spacial score (nSPS) is 26.1. The van der Waals surface area contributed by atoms with Crippen LogP contribution in [0.15, 0.2) is 0 Å². The van der Waals surface area contributed by atoms with Crippen molar-refractivity contribution < 1.29 is 9.53 Å². The van der Waals surface area contributed by atoms with E-state index in [2.05, 4.69) is 10.6 Å². The Labute approximate surface area is 94.4 Å². The maximum atomic E-state index is 11.6. The number of rotatable bonds is 4. The molecule has 0 radical (unpaired) electrons. The molecule has 1 heterocycles. The second-order valence-corrected chi connectivity index (χ2v) is 4.45. The zero-order valence-electron chi connectivity index (χ0n) is 9.16. The molecule has 1 aliphatic carbocycles. The van der Waals surface area contributed by atoms with Crippen molar-refractivity contribution in [1.82, 2.24) is 10.6 Å². The van der Waals surface area contributed by atoms with E-state index in [1.807, 2.05) is 0 Å². The average molecular weight is 226 g/mol. The van der Waals surface area contributed by atoms with Crippen molar-refractivity contribution >= 4 is 11.9 Å². The standard InChI is InChI=1S/C10H18N4O2/c11-9(12)8(6-1-2-6)14-10(15)13-7-3-4-16-5-7/h6-8H,1-5H2,(H3,11,12)(H2,13,14,15). The zero-order valence-corrected chi connectivity index (χ0v) is 9.16. The van der Waals surface area contributed by atoms with Gasteiger partial charge in [0.1, 0.15) is 5.84 Å². The zero-order chi connectivity index (χ0) is 11.5. The van der Waals surface area contributed by atoms with Crippen LogP contribution in [0.1, 0.15) is 19.3 Å². The first kappa shape index (κ1) is 11.2. The molecular formula is C10H18N4O2. The minimum Gasteiger partial charge on any atom is -0.386 e. The van der Waals surface area contributed by atoms with E-state index in [0.29, 0.717) is 19.1 Å². The lowest BCUT2D eigenvalue weighted by atomic mass is 10.1. The van der Waals surface area contributed by atoms with E-state index in [1.165, 1.54) is 0 Å². The largest absolute Gasteiger partial charge is 0.386 e. The van der Waals surface area contributed by atoms with Gasteiger partial charge in [0.25, 0.3) is 0 Å². The predicted molar refractivity (Wildman–Crippen MR) is 59.3 cm³/mol. The molecule has 2 unspecified atom stereocenters. The van der Waals surface area contributed by atoms with Crippen LogP contribution in [0.3, 0.4) is 0 Å². The number of nitrogens with one attached hydrogen (secondary N) is 3. The van der Waals surface area contributed by atoms with Crippen molar-refractivity contribution in [3.8, 4) is 0 Å². The monoisotopic (exact) mass is 226 g/mol. The molecule has 2 rings (SSSR count). The highest BCUT2D eigenvalue weighted by atomic mass is 16.5. The topological polar surface area (TPSA) is 100 Å². The molecule has 16 heavy (non-hydrogen) atoms. The second-order valence-electron chi connectivity index (χ2n) is 4.45. The summed E-state index contributed by atoms with van der Waals surface area (Å²) in [6.45, 7) is 1.27. The molecule has 6 heteroatoms. The number of hydrogen-bond acceptors (Lipinski definition) is 3. The van der Waals surface area contributed by atoms with Crippen LogP contribution in [0.4, 0.5) is 4.79 Å². The third-order valence-corrected chi connectivity index (χ3v) is 2.98. The van der Waals surface area contributed by atoms with E-state index >= 15 is 0 Å². The minimum atomic E-state index is -0.303. The number of amidine groups is 1. The lowest BCUT2D eigenvalue weighted by Gasteiger charge is -2.18. The summed E-state index contributed by atoms with van der Waals surface area (Å²) >= 11 is 0. The molecule has 0 aromatic heterocycles. The smallest absolute Gasteiger partial charge is 0.315 e. The fourth-order valence-corrected chi connectivity index (χ4v) is 1.90. The van der Waals surface area contributed by atoms with Crippen LogP contribution in [0.25, 0.3) is 0 Å². The second kappa shape index (κ2) is 4.69. The summed E-state index contributed by atoms with van der Waals surface area (Å²) in [4.78, 5) is 11.6. The van der Waals surface area contributed by atoms with Crippen molar-refractivity contribution in [3.63, 3.8) is 0 Å². The Kier molecular flexibility index (Phi) is 3.28. The van der Waals surface area contributed by atoms with E-state index < -0.39 is 0 Å². The highest BCUT2D eigenvalue weighted by Gasteiger charge is 2.34. The number of hydrogen-bond donors (Lipinski definition) is 4. The molecule has 5 N–H and O–H groups in total. The first-order valence-electron chi connectivity index (χ1n) is 5.65. The Hall–Kier alpha value is -1.30. The van der Waals surface area contributed by atoms with E-state index in [-0.39, 0.29) is 24.0 Å². The Morgan fingerprint density at radius 2 is 2.19 bits per heavy atom. The van der Waals surface area contributed by atoms with Crippen LogP contribution in [0.2, 0.25) is 0 Å². The molecule has 2 fully saturated rings. The van der Waals surface area contributed by atoms with Crippen LogP contribution in [0.5, 0.6) is 0 Å². The summed E-state index contributed by atoms with van der Waals surface area (Å²) in [5.41, 5.74) is 5.45. The lowest BCUT2D eigenvalue weighted by Crippen LogP contribution is -2.51. The van der Waals surface area contributed by atoms with E-state index in [4.69, 9.17) is 15.9 Å². The summed E-state index contributed by atoms with van der Waals surface area (Å²) in [7, 11) is 0. The molecule has 2 atom stereocenters. The highest BCUT2D eigenvalue weighted by molar-refractivity contribution is 5.88. The molecule has 0 bridgehead atoms. The number of carbonyl (C=O) groups excluding carboxylic acids is 1. The van der Waals surface area contributed by atoms with Gasteiger partial charge in [-0.05, 0) is 25.2 Å². The van der Waals surface area contributed by atoms with E-state index in [0.717, 1.165) is 19.3 Å². The fraction of sp³-hybridized carbons (Fsp3) is 0.800. The molecule has 90 valence electrons. The molecule has 0 aromatic carbocycles. The van der Waals surface area contributed by atoms with Gasteiger partial charge in [0, 0.05) is 6.61 Å². The van der Waals surface area contributed by atoms with Gasteiger partial charge in [-0.1, -0.05) is 0 Å². The van der Waals surface area contributed by atoms with Crippen LogP contribution < -0.4 is 16.4 Å². The molecule has 1 aliphatic heterocycles. The first-order chi connectivity index (χ1) is 7.66. The van der Waals surface area contributed by atoms with Crippen LogP contribution in [0, 0.1) is 11.3 Å². The Morgan fingerprint density at radius 3 is 2.69 bits per heavy atom. The van der Waals surface area contributed by atoms with Crippen molar-refractivity contribution in [3.05, 3.63) is 0 Å². The van der Waals surface area contributed by atoms with Crippen molar-refractivity contribution in [2.24, 2.45) is 11.7 Å². The van der Waals surface area contributed by atoms with E-state index in [9.17, 15) is 4.79 Å². The minimum absolute atomic E-state index is 0.0420. The predicted octanol–water partition coefficient (Wildman–Crippen LogP) is -0.211. The number of carbonyl (C=O) groups is 1.